The first-order chi connectivity index (χ1) is 8.66. The Kier molecular flexibility index (Phi) is 4.20. The molecule has 0 bridgehead atoms. The van der Waals surface area contributed by atoms with E-state index in [-0.39, 0.29) is 24.3 Å². The van der Waals surface area contributed by atoms with Crippen LogP contribution >= 0.6 is 11.6 Å². The molecule has 1 aromatic rings. The molecule has 0 aromatic heterocycles. The second-order valence-corrected chi connectivity index (χ2v) is 4.77. The minimum Gasteiger partial charge on any atom is -0.350 e. The Morgan fingerprint density at radius 2 is 1.94 bits per heavy atom. The average Bonchev–Trinajstić information content (AvgIpc) is 3.19. The Balaban J connectivity index is 1.71. The summed E-state index contributed by atoms with van der Waals surface area (Å²) in [7, 11) is 0. The molecule has 0 radical (unpaired) electrons. The predicted octanol–water partition coefficient (Wildman–Crippen LogP) is 1.48. The average molecular weight is 267 g/mol. The zero-order chi connectivity index (χ0) is 13.0. The highest BCUT2D eigenvalue weighted by atomic mass is 35.5. The van der Waals surface area contributed by atoms with Crippen LogP contribution < -0.4 is 10.6 Å². The summed E-state index contributed by atoms with van der Waals surface area (Å²) in [5.41, 5.74) is 0.862. The first-order valence-corrected chi connectivity index (χ1v) is 6.32. The number of hydrogen-bond acceptors (Lipinski definition) is 2. The Bertz CT molecular complexity index is 458. The molecule has 5 heteroatoms. The lowest BCUT2D eigenvalue weighted by Gasteiger charge is -2.07. The third kappa shape index (κ3) is 3.74. The van der Waals surface area contributed by atoms with Crippen LogP contribution in [0.2, 0.25) is 5.02 Å². The van der Waals surface area contributed by atoms with Gasteiger partial charge in [0, 0.05) is 17.5 Å². The van der Waals surface area contributed by atoms with E-state index < -0.39 is 0 Å². The molecule has 0 atom stereocenters. The van der Waals surface area contributed by atoms with Crippen LogP contribution in [0.3, 0.4) is 0 Å². The zero-order valence-corrected chi connectivity index (χ0v) is 10.7. The zero-order valence-electron chi connectivity index (χ0n) is 9.91. The predicted molar refractivity (Wildman–Crippen MR) is 69.0 cm³/mol. The van der Waals surface area contributed by atoms with Crippen molar-refractivity contribution in [3.63, 3.8) is 0 Å². The molecule has 1 aromatic carbocycles. The van der Waals surface area contributed by atoms with Crippen molar-refractivity contribution in [2.45, 2.75) is 19.4 Å². The fourth-order valence-corrected chi connectivity index (χ4v) is 1.76. The first-order valence-electron chi connectivity index (χ1n) is 5.94. The van der Waals surface area contributed by atoms with Gasteiger partial charge in [-0.15, -0.1) is 0 Å². The molecule has 1 aliphatic rings. The number of carbonyl (C=O) groups excluding carboxylic acids is 2. The summed E-state index contributed by atoms with van der Waals surface area (Å²) in [6, 6.07) is 7.33. The van der Waals surface area contributed by atoms with E-state index in [1.165, 1.54) is 0 Å². The van der Waals surface area contributed by atoms with Gasteiger partial charge in [-0.3, -0.25) is 9.59 Å². The number of benzene rings is 1. The highest BCUT2D eigenvalue weighted by Gasteiger charge is 2.29. The van der Waals surface area contributed by atoms with Gasteiger partial charge in [0.15, 0.2) is 0 Å². The molecule has 1 aliphatic carbocycles. The molecular weight excluding hydrogens is 252 g/mol. The van der Waals surface area contributed by atoms with Crippen LogP contribution in [0, 0.1) is 5.92 Å². The first kappa shape index (κ1) is 12.9. The van der Waals surface area contributed by atoms with Gasteiger partial charge >= 0.3 is 0 Å². The SMILES string of the molecule is O=C(CNC(=O)C1CC1)NCc1ccccc1Cl. The lowest BCUT2D eigenvalue weighted by molar-refractivity contribution is -0.126. The van der Waals surface area contributed by atoms with Crippen molar-refractivity contribution in [3.8, 4) is 0 Å². The topological polar surface area (TPSA) is 58.2 Å². The van der Waals surface area contributed by atoms with Crippen LogP contribution in [0.4, 0.5) is 0 Å². The summed E-state index contributed by atoms with van der Waals surface area (Å²) in [5, 5.41) is 5.95. The molecule has 2 N–H and O–H groups in total. The van der Waals surface area contributed by atoms with Crippen molar-refractivity contribution < 1.29 is 9.59 Å². The maximum Gasteiger partial charge on any atom is 0.239 e. The van der Waals surface area contributed by atoms with E-state index in [4.69, 9.17) is 11.6 Å². The minimum absolute atomic E-state index is 0.0251. The Morgan fingerprint density at radius 3 is 2.61 bits per heavy atom. The highest BCUT2D eigenvalue weighted by Crippen LogP contribution is 2.28. The largest absolute Gasteiger partial charge is 0.350 e. The van der Waals surface area contributed by atoms with Gasteiger partial charge in [0.25, 0.3) is 0 Å². The maximum absolute atomic E-state index is 11.5. The van der Waals surface area contributed by atoms with Crippen LogP contribution in [0.5, 0.6) is 0 Å². The van der Waals surface area contributed by atoms with E-state index in [0.717, 1.165) is 18.4 Å². The smallest absolute Gasteiger partial charge is 0.239 e. The monoisotopic (exact) mass is 266 g/mol. The number of rotatable bonds is 5. The second-order valence-electron chi connectivity index (χ2n) is 4.36. The number of halogens is 1. The molecule has 1 saturated carbocycles. The quantitative estimate of drug-likeness (QED) is 0.848. The number of amides is 2. The van der Waals surface area contributed by atoms with Gasteiger partial charge in [0.1, 0.15) is 0 Å². The van der Waals surface area contributed by atoms with Gasteiger partial charge in [0.05, 0.1) is 6.54 Å². The molecule has 0 spiro atoms. The van der Waals surface area contributed by atoms with Crippen LogP contribution in [0.25, 0.3) is 0 Å². The Morgan fingerprint density at radius 1 is 1.22 bits per heavy atom. The van der Waals surface area contributed by atoms with Crippen LogP contribution in [-0.4, -0.2) is 18.4 Å². The molecule has 4 nitrogen and oxygen atoms in total. The summed E-state index contributed by atoms with van der Waals surface area (Å²) in [6.45, 7) is 0.400. The molecule has 2 rings (SSSR count). The van der Waals surface area contributed by atoms with Gasteiger partial charge < -0.3 is 10.6 Å². The number of nitrogens with one attached hydrogen (secondary N) is 2. The van der Waals surface area contributed by atoms with E-state index >= 15 is 0 Å². The minimum atomic E-state index is -0.205. The second kappa shape index (κ2) is 5.87. The van der Waals surface area contributed by atoms with Gasteiger partial charge in [0.2, 0.25) is 11.8 Å². The third-order valence-corrected chi connectivity index (χ3v) is 3.17. The molecule has 0 unspecified atom stereocenters. The van der Waals surface area contributed by atoms with Crippen molar-refractivity contribution >= 4 is 23.4 Å². The fourth-order valence-electron chi connectivity index (χ4n) is 1.56. The Hall–Kier alpha value is -1.55. The molecular formula is C13H15ClN2O2. The summed E-state index contributed by atoms with van der Waals surface area (Å²) in [5.74, 6) is -0.104. The summed E-state index contributed by atoms with van der Waals surface area (Å²) in [4.78, 5) is 22.8. The van der Waals surface area contributed by atoms with Crippen molar-refractivity contribution in [1.82, 2.24) is 10.6 Å². The van der Waals surface area contributed by atoms with Gasteiger partial charge in [-0.25, -0.2) is 0 Å². The molecule has 1 fully saturated rings. The van der Waals surface area contributed by atoms with E-state index in [1.54, 1.807) is 6.07 Å². The molecule has 0 heterocycles. The summed E-state index contributed by atoms with van der Waals surface area (Å²) in [6.07, 6.45) is 1.88. The highest BCUT2D eigenvalue weighted by molar-refractivity contribution is 6.31. The normalized spacial score (nSPS) is 14.1. The van der Waals surface area contributed by atoms with E-state index in [9.17, 15) is 9.59 Å². The van der Waals surface area contributed by atoms with Gasteiger partial charge in [-0.05, 0) is 24.5 Å². The third-order valence-electron chi connectivity index (χ3n) is 2.81. The van der Waals surface area contributed by atoms with Gasteiger partial charge in [-0.1, -0.05) is 29.8 Å². The van der Waals surface area contributed by atoms with Crippen molar-refractivity contribution in [1.29, 1.82) is 0 Å². The lowest BCUT2D eigenvalue weighted by Crippen LogP contribution is -2.37. The fraction of sp³-hybridized carbons (Fsp3) is 0.385. The van der Waals surface area contributed by atoms with Crippen LogP contribution in [0.1, 0.15) is 18.4 Å². The lowest BCUT2D eigenvalue weighted by atomic mass is 10.2. The van der Waals surface area contributed by atoms with Crippen molar-refractivity contribution in [3.05, 3.63) is 34.9 Å². The van der Waals surface area contributed by atoms with Crippen LogP contribution in [-0.2, 0) is 16.1 Å². The van der Waals surface area contributed by atoms with Crippen molar-refractivity contribution in [2.24, 2.45) is 5.92 Å². The molecule has 0 aliphatic heterocycles. The van der Waals surface area contributed by atoms with Crippen molar-refractivity contribution in [2.75, 3.05) is 6.54 Å². The molecule has 96 valence electrons. The number of carbonyl (C=O) groups is 2. The standard InChI is InChI=1S/C13H15ClN2O2/c14-11-4-2-1-3-10(11)7-15-12(17)8-16-13(18)9-5-6-9/h1-4,9H,5-8H2,(H,15,17)(H,16,18). The van der Waals surface area contributed by atoms with Crippen LogP contribution in [0.15, 0.2) is 24.3 Å². The summed E-state index contributed by atoms with van der Waals surface area (Å²) < 4.78 is 0. The van der Waals surface area contributed by atoms with Gasteiger partial charge in [-0.2, -0.15) is 0 Å². The van der Waals surface area contributed by atoms with E-state index in [1.807, 2.05) is 18.2 Å². The maximum atomic E-state index is 11.5. The summed E-state index contributed by atoms with van der Waals surface area (Å²) >= 11 is 5.96. The van der Waals surface area contributed by atoms with E-state index in [2.05, 4.69) is 10.6 Å². The molecule has 2 amide bonds. The Labute approximate surface area is 111 Å². The van der Waals surface area contributed by atoms with E-state index in [0.29, 0.717) is 11.6 Å². The molecule has 0 saturated heterocycles. The molecule has 18 heavy (non-hydrogen) atoms. The number of hydrogen-bond donors (Lipinski definition) is 2.